The predicted molar refractivity (Wildman–Crippen MR) is 84.8 cm³/mol. The molecule has 1 N–H and O–H groups in total. The van der Waals surface area contributed by atoms with E-state index < -0.39 is 0 Å². The third-order valence-corrected chi connectivity index (χ3v) is 3.82. The fourth-order valence-electron chi connectivity index (χ4n) is 2.64. The van der Waals surface area contributed by atoms with Gasteiger partial charge in [0, 0.05) is 13.1 Å². The molecule has 0 aliphatic carbocycles. The second-order valence-electron chi connectivity index (χ2n) is 5.29. The van der Waals surface area contributed by atoms with Gasteiger partial charge in [0.05, 0.1) is 11.1 Å². The summed E-state index contributed by atoms with van der Waals surface area (Å²) in [5.74, 6) is -0.379. The molecule has 0 saturated heterocycles. The number of rotatable bonds is 6. The summed E-state index contributed by atoms with van der Waals surface area (Å²) in [4.78, 5) is 25.7. The first-order chi connectivity index (χ1) is 10.8. The van der Waals surface area contributed by atoms with Crippen molar-refractivity contribution in [2.75, 3.05) is 19.6 Å². The zero-order valence-corrected chi connectivity index (χ0v) is 12.3. The highest BCUT2D eigenvalue weighted by molar-refractivity contribution is 6.21. The first-order valence-electron chi connectivity index (χ1n) is 7.47. The Morgan fingerprint density at radius 3 is 2.00 bits per heavy atom. The van der Waals surface area contributed by atoms with E-state index in [1.165, 1.54) is 10.5 Å². The molecule has 0 atom stereocenters. The summed E-state index contributed by atoms with van der Waals surface area (Å²) in [6.45, 7) is 1.84. The zero-order valence-electron chi connectivity index (χ0n) is 12.3. The first kappa shape index (κ1) is 14.5. The minimum absolute atomic E-state index is 0.189. The molecule has 0 aromatic heterocycles. The highest BCUT2D eigenvalue weighted by atomic mass is 16.2. The summed E-state index contributed by atoms with van der Waals surface area (Å²) in [7, 11) is 0. The van der Waals surface area contributed by atoms with E-state index in [0.717, 1.165) is 13.0 Å². The molecule has 0 radical (unpaired) electrons. The number of nitrogens with zero attached hydrogens (tertiary/aromatic N) is 1. The van der Waals surface area contributed by atoms with Crippen LogP contribution in [0.2, 0.25) is 0 Å². The van der Waals surface area contributed by atoms with Crippen LogP contribution in [0.15, 0.2) is 54.6 Å². The SMILES string of the molecule is O=C1c2ccccc2C(=O)N1CCNCCc1ccccc1. The van der Waals surface area contributed by atoms with E-state index in [0.29, 0.717) is 24.2 Å². The van der Waals surface area contributed by atoms with Crippen LogP contribution in [0.5, 0.6) is 0 Å². The van der Waals surface area contributed by atoms with Crippen LogP contribution in [0.4, 0.5) is 0 Å². The van der Waals surface area contributed by atoms with Crippen LogP contribution in [-0.2, 0) is 6.42 Å². The molecule has 0 unspecified atom stereocenters. The van der Waals surface area contributed by atoms with Crippen LogP contribution in [0, 0.1) is 0 Å². The van der Waals surface area contributed by atoms with E-state index in [-0.39, 0.29) is 11.8 Å². The van der Waals surface area contributed by atoms with Gasteiger partial charge in [-0.05, 0) is 30.7 Å². The maximum Gasteiger partial charge on any atom is 0.261 e. The number of nitrogens with one attached hydrogen (secondary N) is 1. The number of fused-ring (bicyclic) bond motifs is 1. The Morgan fingerprint density at radius 2 is 1.36 bits per heavy atom. The van der Waals surface area contributed by atoms with Crippen molar-refractivity contribution in [3.8, 4) is 0 Å². The summed E-state index contributed by atoms with van der Waals surface area (Å²) >= 11 is 0. The minimum atomic E-state index is -0.189. The van der Waals surface area contributed by atoms with Gasteiger partial charge in [-0.1, -0.05) is 42.5 Å². The van der Waals surface area contributed by atoms with Crippen LogP contribution >= 0.6 is 0 Å². The molecule has 1 aliphatic rings. The Labute approximate surface area is 129 Å². The molecule has 0 saturated carbocycles. The highest BCUT2D eigenvalue weighted by Gasteiger charge is 2.34. The summed E-state index contributed by atoms with van der Waals surface area (Å²) in [5.41, 5.74) is 2.30. The lowest BCUT2D eigenvalue weighted by molar-refractivity contribution is 0.0655. The number of amides is 2. The lowest BCUT2D eigenvalue weighted by Gasteiger charge is -2.14. The van der Waals surface area contributed by atoms with Crippen LogP contribution in [-0.4, -0.2) is 36.3 Å². The summed E-state index contributed by atoms with van der Waals surface area (Å²) in [6.07, 6.45) is 0.933. The maximum atomic E-state index is 12.2. The summed E-state index contributed by atoms with van der Waals surface area (Å²) < 4.78 is 0. The number of imide groups is 1. The summed E-state index contributed by atoms with van der Waals surface area (Å²) in [6, 6.07) is 17.2. The van der Waals surface area contributed by atoms with Gasteiger partial charge in [0.1, 0.15) is 0 Å². The lowest BCUT2D eigenvalue weighted by atomic mass is 10.1. The van der Waals surface area contributed by atoms with Crippen molar-refractivity contribution in [1.82, 2.24) is 10.2 Å². The van der Waals surface area contributed by atoms with Gasteiger partial charge in [-0.3, -0.25) is 14.5 Å². The van der Waals surface area contributed by atoms with Crippen molar-refractivity contribution in [3.63, 3.8) is 0 Å². The third-order valence-electron chi connectivity index (χ3n) is 3.82. The van der Waals surface area contributed by atoms with Crippen LogP contribution in [0.25, 0.3) is 0 Å². The Balaban J connectivity index is 1.47. The molecule has 2 aromatic carbocycles. The van der Waals surface area contributed by atoms with Crippen molar-refractivity contribution in [2.45, 2.75) is 6.42 Å². The molecular formula is C18H18N2O2. The van der Waals surface area contributed by atoms with E-state index in [9.17, 15) is 9.59 Å². The number of carbonyl (C=O) groups is 2. The van der Waals surface area contributed by atoms with Crippen molar-refractivity contribution in [2.24, 2.45) is 0 Å². The quantitative estimate of drug-likeness (QED) is 0.656. The van der Waals surface area contributed by atoms with E-state index in [1.54, 1.807) is 24.3 Å². The van der Waals surface area contributed by atoms with Crippen molar-refractivity contribution in [1.29, 1.82) is 0 Å². The average molecular weight is 294 g/mol. The van der Waals surface area contributed by atoms with Gasteiger partial charge in [-0.2, -0.15) is 0 Å². The number of hydrogen-bond donors (Lipinski definition) is 1. The van der Waals surface area contributed by atoms with Gasteiger partial charge < -0.3 is 5.32 Å². The molecule has 112 valence electrons. The second kappa shape index (κ2) is 6.54. The fraction of sp³-hybridized carbons (Fsp3) is 0.222. The molecule has 0 spiro atoms. The van der Waals surface area contributed by atoms with E-state index in [4.69, 9.17) is 0 Å². The third kappa shape index (κ3) is 2.92. The molecule has 1 heterocycles. The highest BCUT2D eigenvalue weighted by Crippen LogP contribution is 2.21. The van der Waals surface area contributed by atoms with Gasteiger partial charge in [0.15, 0.2) is 0 Å². The molecule has 2 aromatic rings. The van der Waals surface area contributed by atoms with Crippen LogP contribution in [0.3, 0.4) is 0 Å². The van der Waals surface area contributed by atoms with Crippen LogP contribution in [0.1, 0.15) is 26.3 Å². The molecule has 1 aliphatic heterocycles. The minimum Gasteiger partial charge on any atom is -0.315 e. The lowest BCUT2D eigenvalue weighted by Crippen LogP contribution is -2.36. The van der Waals surface area contributed by atoms with Gasteiger partial charge in [-0.25, -0.2) is 0 Å². The van der Waals surface area contributed by atoms with E-state index in [1.807, 2.05) is 18.2 Å². The molecule has 3 rings (SSSR count). The molecule has 4 nitrogen and oxygen atoms in total. The van der Waals surface area contributed by atoms with E-state index >= 15 is 0 Å². The fourth-order valence-corrected chi connectivity index (χ4v) is 2.64. The smallest absolute Gasteiger partial charge is 0.261 e. The normalized spacial score (nSPS) is 13.5. The first-order valence-corrected chi connectivity index (χ1v) is 7.47. The van der Waals surface area contributed by atoms with Crippen molar-refractivity contribution in [3.05, 3.63) is 71.3 Å². The monoisotopic (exact) mass is 294 g/mol. The Kier molecular flexibility index (Phi) is 4.30. The van der Waals surface area contributed by atoms with Crippen LogP contribution < -0.4 is 5.32 Å². The standard InChI is InChI=1S/C18H18N2O2/c21-17-15-8-4-5-9-16(15)18(22)20(17)13-12-19-11-10-14-6-2-1-3-7-14/h1-9,19H,10-13H2. The largest absolute Gasteiger partial charge is 0.315 e. The maximum absolute atomic E-state index is 12.2. The summed E-state index contributed by atoms with van der Waals surface area (Å²) in [5, 5.41) is 3.28. The predicted octanol–water partition coefficient (Wildman–Crippen LogP) is 2.11. The van der Waals surface area contributed by atoms with E-state index in [2.05, 4.69) is 17.4 Å². The molecule has 0 bridgehead atoms. The molecule has 0 fully saturated rings. The molecule has 2 amide bonds. The van der Waals surface area contributed by atoms with Gasteiger partial charge in [0.25, 0.3) is 11.8 Å². The number of carbonyl (C=O) groups excluding carboxylic acids is 2. The van der Waals surface area contributed by atoms with Crippen molar-refractivity contribution < 1.29 is 9.59 Å². The van der Waals surface area contributed by atoms with Crippen molar-refractivity contribution >= 4 is 11.8 Å². The Morgan fingerprint density at radius 1 is 0.773 bits per heavy atom. The topological polar surface area (TPSA) is 49.4 Å². The molecular weight excluding hydrogens is 276 g/mol. The average Bonchev–Trinajstić information content (AvgIpc) is 2.81. The van der Waals surface area contributed by atoms with Gasteiger partial charge in [-0.15, -0.1) is 0 Å². The number of benzene rings is 2. The Bertz CT molecular complexity index is 647. The zero-order chi connectivity index (χ0) is 15.4. The van der Waals surface area contributed by atoms with Gasteiger partial charge >= 0.3 is 0 Å². The van der Waals surface area contributed by atoms with Gasteiger partial charge in [0.2, 0.25) is 0 Å². The molecule has 22 heavy (non-hydrogen) atoms. The number of hydrogen-bond acceptors (Lipinski definition) is 3. The Hall–Kier alpha value is -2.46. The molecule has 4 heteroatoms. The second-order valence-corrected chi connectivity index (χ2v) is 5.29.